The third-order valence-electron chi connectivity index (χ3n) is 8.68. The number of halogens is 4. The van der Waals surface area contributed by atoms with E-state index >= 15 is 0 Å². The number of hydrogen-bond donors (Lipinski definition) is 1. The van der Waals surface area contributed by atoms with Gasteiger partial charge in [-0.2, -0.15) is 6.67 Å². The summed E-state index contributed by atoms with van der Waals surface area (Å²) in [4.78, 5) is 8.65. The number of nitrogens with one attached hydrogen (secondary N) is 1. The summed E-state index contributed by atoms with van der Waals surface area (Å²) in [7, 11) is 11.9. The molecule has 0 amide bonds. The first-order valence-electron chi connectivity index (χ1n) is 17.3. The average molecular weight is 893 g/mol. The Morgan fingerprint density at radius 3 is 1.85 bits per heavy atom. The molecule has 2 heterocycles. The molecular formula is C43H49BrCl2FN4Ru-. The van der Waals surface area contributed by atoms with Gasteiger partial charge in [0, 0.05) is 41.3 Å². The molecule has 0 bridgehead atoms. The van der Waals surface area contributed by atoms with Crippen LogP contribution in [0.4, 0.5) is 21.5 Å². The molecule has 0 aliphatic carbocycles. The van der Waals surface area contributed by atoms with E-state index in [4.69, 9.17) is 19.4 Å². The Kier molecular flexibility index (Phi) is 15.9. The van der Waals surface area contributed by atoms with E-state index in [-0.39, 0.29) is 5.82 Å². The molecule has 6 rings (SSSR count). The van der Waals surface area contributed by atoms with Gasteiger partial charge >= 0.3 is 144 Å². The maximum absolute atomic E-state index is 13.4. The fourth-order valence-corrected chi connectivity index (χ4v) is 8.82. The van der Waals surface area contributed by atoms with Gasteiger partial charge in [-0.1, -0.05) is 35.4 Å². The van der Waals surface area contributed by atoms with E-state index in [2.05, 4.69) is 134 Å². The molecular weight excluding hydrogens is 843 g/mol. The van der Waals surface area contributed by atoms with Crippen LogP contribution >= 0.6 is 35.3 Å². The van der Waals surface area contributed by atoms with E-state index in [0.717, 1.165) is 34.4 Å². The molecule has 0 unspecified atom stereocenters. The Bertz CT molecular complexity index is 1870. The normalized spacial score (nSPS) is 12.5. The first-order chi connectivity index (χ1) is 24.7. The van der Waals surface area contributed by atoms with Crippen molar-refractivity contribution in [3.8, 4) is 0 Å². The van der Waals surface area contributed by atoms with Crippen LogP contribution in [-0.4, -0.2) is 22.7 Å². The van der Waals surface area contributed by atoms with Crippen molar-refractivity contribution in [2.24, 2.45) is 0 Å². The number of benzene rings is 4. The van der Waals surface area contributed by atoms with Crippen molar-refractivity contribution in [2.75, 3.05) is 28.2 Å². The van der Waals surface area contributed by atoms with Crippen LogP contribution in [0.1, 0.15) is 69.8 Å². The molecule has 4 nitrogen and oxygen atoms in total. The summed E-state index contributed by atoms with van der Waals surface area (Å²) in [5.41, 5.74) is 15.0. The van der Waals surface area contributed by atoms with E-state index in [9.17, 15) is 4.39 Å². The average Bonchev–Trinajstić information content (AvgIpc) is 3.53. The van der Waals surface area contributed by atoms with E-state index in [1.165, 1.54) is 62.5 Å². The number of anilines is 3. The van der Waals surface area contributed by atoms with Gasteiger partial charge in [-0.15, -0.1) is 0 Å². The molecule has 5 aromatic rings. The molecule has 1 aliphatic rings. The molecule has 0 spiro atoms. The maximum Gasteiger partial charge on any atom is 0.0146 e. The van der Waals surface area contributed by atoms with E-state index in [1.807, 2.05) is 24.3 Å². The van der Waals surface area contributed by atoms with Gasteiger partial charge in [-0.05, 0) is 91.9 Å². The first kappa shape index (κ1) is 41.7. The third-order valence-corrected chi connectivity index (χ3v) is 11.0. The monoisotopic (exact) mass is 891 g/mol. The number of hydrogen-bond acceptors (Lipinski definition) is 4. The van der Waals surface area contributed by atoms with Crippen molar-refractivity contribution in [1.29, 1.82) is 0 Å². The van der Waals surface area contributed by atoms with Crippen LogP contribution in [-0.2, 0) is 20.1 Å². The van der Waals surface area contributed by atoms with Gasteiger partial charge in [0.1, 0.15) is 0 Å². The summed E-state index contributed by atoms with van der Waals surface area (Å²) in [6.45, 7) is 22.5. The van der Waals surface area contributed by atoms with Crippen molar-refractivity contribution < 1.29 is 17.9 Å². The molecule has 1 saturated heterocycles. The van der Waals surface area contributed by atoms with Crippen LogP contribution in [0.25, 0.3) is 0 Å². The molecule has 0 radical (unpaired) electrons. The van der Waals surface area contributed by atoms with Crippen LogP contribution in [0, 0.1) is 54.0 Å². The van der Waals surface area contributed by atoms with Gasteiger partial charge < -0.3 is 9.80 Å². The number of nitrogens with zero attached hydrogens (tertiary/aromatic N) is 3. The second-order valence-corrected chi connectivity index (χ2v) is 20.1. The summed E-state index contributed by atoms with van der Waals surface area (Å²) < 4.78 is 16.2. The van der Waals surface area contributed by atoms with Gasteiger partial charge in [0.2, 0.25) is 0 Å². The van der Waals surface area contributed by atoms with Crippen molar-refractivity contribution >= 4 is 57.0 Å². The minimum atomic E-state index is -1.99. The van der Waals surface area contributed by atoms with Crippen LogP contribution < -0.4 is 15.1 Å². The van der Waals surface area contributed by atoms with Gasteiger partial charge in [-0.25, -0.2) is 0 Å². The molecule has 1 aromatic heterocycles. The smallest absolute Gasteiger partial charge is 0.0146 e. The third kappa shape index (κ3) is 12.0. The minimum Gasteiger partial charge on any atom is -0.502 e. The summed E-state index contributed by atoms with van der Waals surface area (Å²) in [6, 6.07) is 25.9. The molecule has 4 aromatic carbocycles. The Hall–Kier alpha value is -3.09. The standard InChI is InChI=1S/C21H27N2.C17H18FN.C5H4BrN.2ClH.Ru/c1-14-9-16(3)20(17(4)10-14)22-7-8-23(13-22)21-18(5)11-15(2)12-19(21)6;1-12(2)16-6-4-5-7-17(16)19-11-14-8-9-15(18)10-13(14)3;6-5-2-1-3-7-4-5;;;/h9-13H,7-8H2,1-6H3;3-10,12,19H,11H2,1-2H3;1-4H;2*1H;/q-1;;;;;+2/p-2. The zero-order valence-corrected chi connectivity index (χ0v) is 36.1. The van der Waals surface area contributed by atoms with Crippen molar-refractivity contribution in [3.05, 3.63) is 158 Å². The van der Waals surface area contributed by atoms with Gasteiger partial charge in [-0.3, -0.25) is 4.98 Å². The maximum atomic E-state index is 13.4. The summed E-state index contributed by atoms with van der Waals surface area (Å²) in [5.74, 6) is 0.159. The second kappa shape index (κ2) is 19.8. The Labute approximate surface area is 332 Å². The fraction of sp³-hybridized carbons (Fsp3) is 0.279. The van der Waals surface area contributed by atoms with Crippen molar-refractivity contribution in [2.45, 2.75) is 67.9 Å². The topological polar surface area (TPSA) is 31.4 Å². The summed E-state index contributed by atoms with van der Waals surface area (Å²) in [5, 5.41) is 3.43. The quantitative estimate of drug-likeness (QED) is 0.130. The van der Waals surface area contributed by atoms with Gasteiger partial charge in [0.05, 0.1) is 0 Å². The SMILES string of the molecule is Brc1cccnc1.CC(C)c1ccccc1NCc1ccc(F)cc1[CH]=[Ru]([Cl])[Cl].Cc1cc(C)c(N2[CH-]N(c3c(C)cc(C)cc3C)CC2)c(C)c1. The van der Waals surface area contributed by atoms with E-state index < -0.39 is 13.5 Å². The number of para-hydroxylation sites is 1. The Morgan fingerprint density at radius 2 is 1.38 bits per heavy atom. The molecule has 0 atom stereocenters. The van der Waals surface area contributed by atoms with Gasteiger partial charge in [0.15, 0.2) is 0 Å². The molecule has 278 valence electrons. The number of pyridine rings is 1. The van der Waals surface area contributed by atoms with E-state index in [1.54, 1.807) is 23.1 Å². The molecule has 1 fully saturated rings. The van der Waals surface area contributed by atoms with Crippen LogP contribution in [0.15, 0.2) is 95.7 Å². The Morgan fingerprint density at radius 1 is 0.827 bits per heavy atom. The zero-order chi connectivity index (χ0) is 37.9. The number of aromatic nitrogens is 1. The van der Waals surface area contributed by atoms with Crippen molar-refractivity contribution in [3.63, 3.8) is 0 Å². The van der Waals surface area contributed by atoms with Crippen LogP contribution in [0.3, 0.4) is 0 Å². The second-order valence-electron chi connectivity index (χ2n) is 13.4. The zero-order valence-electron chi connectivity index (χ0n) is 31.2. The first-order valence-corrected chi connectivity index (χ1v) is 23.5. The minimum absolute atomic E-state index is 0.277. The molecule has 0 saturated carbocycles. The fourth-order valence-electron chi connectivity index (χ4n) is 6.69. The van der Waals surface area contributed by atoms with Gasteiger partial charge in [0.25, 0.3) is 0 Å². The predicted octanol–water partition coefficient (Wildman–Crippen LogP) is 12.5. The predicted molar refractivity (Wildman–Crippen MR) is 223 cm³/mol. The number of aryl methyl sites for hydroxylation is 6. The molecule has 52 heavy (non-hydrogen) atoms. The molecule has 1 N–H and O–H groups in total. The Balaban J connectivity index is 0.000000196. The summed E-state index contributed by atoms with van der Waals surface area (Å²) >= 11 is 1.26. The van der Waals surface area contributed by atoms with E-state index in [0.29, 0.717) is 12.5 Å². The summed E-state index contributed by atoms with van der Waals surface area (Å²) in [6.07, 6.45) is 3.49. The largest absolute Gasteiger partial charge is 0.502 e. The van der Waals surface area contributed by atoms with Crippen molar-refractivity contribution in [1.82, 2.24) is 4.98 Å². The van der Waals surface area contributed by atoms with Crippen LogP contribution in [0.2, 0.25) is 0 Å². The molecule has 1 aliphatic heterocycles. The molecule has 9 heteroatoms. The number of rotatable bonds is 7. The van der Waals surface area contributed by atoms with Crippen LogP contribution in [0.5, 0.6) is 0 Å².